The summed E-state index contributed by atoms with van der Waals surface area (Å²) >= 11 is 0. The summed E-state index contributed by atoms with van der Waals surface area (Å²) in [6, 6.07) is 18.6. The second-order valence-electron chi connectivity index (χ2n) is 7.20. The zero-order valence-corrected chi connectivity index (χ0v) is 18.0. The molecule has 1 amide bonds. The molecule has 0 saturated carbocycles. The Labute approximate surface area is 187 Å². The molecule has 0 aliphatic carbocycles. The standard InChI is InChI=1S/C24H26N4O4/c1-2-31-20-4-3-5-21(16-20)32-17-24(29)25-19-8-6-18(7-9-19)22-10-11-23(27-26-22)28-12-14-30-15-13-28/h3-11,16H,2,12-15,17H2,1H3,(H,25,29). The minimum absolute atomic E-state index is 0.0915. The summed E-state index contributed by atoms with van der Waals surface area (Å²) in [7, 11) is 0. The first-order valence-corrected chi connectivity index (χ1v) is 10.6. The molecule has 166 valence electrons. The first-order valence-electron chi connectivity index (χ1n) is 10.6. The van der Waals surface area contributed by atoms with Gasteiger partial charge >= 0.3 is 0 Å². The monoisotopic (exact) mass is 434 g/mol. The van der Waals surface area contributed by atoms with E-state index in [0.717, 1.165) is 30.2 Å². The van der Waals surface area contributed by atoms with Crippen molar-refractivity contribution in [1.29, 1.82) is 0 Å². The van der Waals surface area contributed by atoms with Crippen LogP contribution >= 0.6 is 0 Å². The zero-order valence-electron chi connectivity index (χ0n) is 18.0. The van der Waals surface area contributed by atoms with Crippen molar-refractivity contribution in [2.75, 3.05) is 49.7 Å². The fourth-order valence-electron chi connectivity index (χ4n) is 3.33. The molecule has 2 aromatic carbocycles. The summed E-state index contributed by atoms with van der Waals surface area (Å²) < 4.78 is 16.4. The van der Waals surface area contributed by atoms with Gasteiger partial charge in [-0.3, -0.25) is 4.79 Å². The Bertz CT molecular complexity index is 1020. The van der Waals surface area contributed by atoms with E-state index >= 15 is 0 Å². The van der Waals surface area contributed by atoms with E-state index in [1.165, 1.54) is 0 Å². The van der Waals surface area contributed by atoms with Crippen molar-refractivity contribution >= 4 is 17.4 Å². The number of nitrogens with zero attached hydrogens (tertiary/aromatic N) is 3. The molecular weight excluding hydrogens is 408 g/mol. The summed E-state index contributed by atoms with van der Waals surface area (Å²) in [5.74, 6) is 1.91. The molecule has 8 heteroatoms. The summed E-state index contributed by atoms with van der Waals surface area (Å²) in [5, 5.41) is 11.5. The van der Waals surface area contributed by atoms with Gasteiger partial charge in [-0.05, 0) is 43.3 Å². The van der Waals surface area contributed by atoms with Gasteiger partial charge < -0.3 is 24.4 Å². The highest BCUT2D eigenvalue weighted by atomic mass is 16.5. The molecule has 1 saturated heterocycles. The molecule has 0 unspecified atom stereocenters. The highest BCUT2D eigenvalue weighted by Gasteiger charge is 2.13. The summed E-state index contributed by atoms with van der Waals surface area (Å²) in [6.45, 7) is 5.46. The third kappa shape index (κ3) is 5.73. The summed E-state index contributed by atoms with van der Waals surface area (Å²) in [6.07, 6.45) is 0. The van der Waals surface area contributed by atoms with Gasteiger partial charge in [-0.2, -0.15) is 0 Å². The van der Waals surface area contributed by atoms with E-state index in [1.54, 1.807) is 12.1 Å². The Morgan fingerprint density at radius 3 is 2.44 bits per heavy atom. The summed E-state index contributed by atoms with van der Waals surface area (Å²) in [4.78, 5) is 14.4. The van der Waals surface area contributed by atoms with Crippen LogP contribution < -0.4 is 19.7 Å². The number of anilines is 2. The van der Waals surface area contributed by atoms with Crippen molar-refractivity contribution in [1.82, 2.24) is 10.2 Å². The van der Waals surface area contributed by atoms with E-state index < -0.39 is 0 Å². The third-order valence-electron chi connectivity index (χ3n) is 4.94. The van der Waals surface area contributed by atoms with Crippen molar-refractivity contribution in [3.05, 3.63) is 60.7 Å². The van der Waals surface area contributed by atoms with Crippen LogP contribution in [0.5, 0.6) is 11.5 Å². The lowest BCUT2D eigenvalue weighted by Crippen LogP contribution is -2.36. The molecule has 0 radical (unpaired) electrons. The number of amides is 1. The third-order valence-corrected chi connectivity index (χ3v) is 4.94. The minimum atomic E-state index is -0.241. The molecule has 4 rings (SSSR count). The number of benzene rings is 2. The maximum absolute atomic E-state index is 12.2. The second-order valence-corrected chi connectivity index (χ2v) is 7.20. The van der Waals surface area contributed by atoms with E-state index in [1.807, 2.05) is 55.5 Å². The van der Waals surface area contributed by atoms with Gasteiger partial charge in [0, 0.05) is 30.4 Å². The first-order chi connectivity index (χ1) is 15.7. The fraction of sp³-hybridized carbons (Fsp3) is 0.292. The predicted molar refractivity (Wildman–Crippen MR) is 122 cm³/mol. The van der Waals surface area contributed by atoms with E-state index in [0.29, 0.717) is 37.0 Å². The van der Waals surface area contributed by atoms with Crippen molar-refractivity contribution in [3.8, 4) is 22.8 Å². The lowest BCUT2D eigenvalue weighted by molar-refractivity contribution is -0.118. The first kappa shape index (κ1) is 21.6. The normalized spacial score (nSPS) is 13.5. The molecule has 3 aromatic rings. The number of carbonyl (C=O) groups is 1. The quantitative estimate of drug-likeness (QED) is 0.582. The Hall–Kier alpha value is -3.65. The number of carbonyl (C=O) groups excluding carboxylic acids is 1. The Morgan fingerprint density at radius 2 is 1.75 bits per heavy atom. The maximum Gasteiger partial charge on any atom is 0.262 e. The van der Waals surface area contributed by atoms with Crippen LogP contribution in [0.25, 0.3) is 11.3 Å². The molecule has 8 nitrogen and oxygen atoms in total. The number of aromatic nitrogens is 2. The Balaban J connectivity index is 1.30. The van der Waals surface area contributed by atoms with Crippen molar-refractivity contribution < 1.29 is 19.0 Å². The van der Waals surface area contributed by atoms with Gasteiger partial charge in [0.1, 0.15) is 11.5 Å². The highest BCUT2D eigenvalue weighted by Crippen LogP contribution is 2.22. The zero-order chi connectivity index (χ0) is 22.2. The topological polar surface area (TPSA) is 85.8 Å². The minimum Gasteiger partial charge on any atom is -0.494 e. The molecule has 0 spiro atoms. The smallest absolute Gasteiger partial charge is 0.262 e. The van der Waals surface area contributed by atoms with Crippen LogP contribution in [0.3, 0.4) is 0 Å². The molecule has 1 aliphatic rings. The SMILES string of the molecule is CCOc1cccc(OCC(=O)Nc2ccc(-c3ccc(N4CCOCC4)nn3)cc2)c1. The number of morpholine rings is 1. The molecular formula is C24H26N4O4. The van der Waals surface area contributed by atoms with E-state index in [4.69, 9.17) is 14.2 Å². The van der Waals surface area contributed by atoms with Gasteiger partial charge in [-0.25, -0.2) is 0 Å². The van der Waals surface area contributed by atoms with E-state index in [2.05, 4.69) is 20.4 Å². The summed E-state index contributed by atoms with van der Waals surface area (Å²) in [5.41, 5.74) is 2.38. The van der Waals surface area contributed by atoms with Crippen molar-refractivity contribution in [2.45, 2.75) is 6.92 Å². The molecule has 1 fully saturated rings. The van der Waals surface area contributed by atoms with Crippen LogP contribution in [0.15, 0.2) is 60.7 Å². The average Bonchev–Trinajstić information content (AvgIpc) is 2.84. The predicted octanol–water partition coefficient (Wildman–Crippen LogP) is 3.40. The van der Waals surface area contributed by atoms with Gasteiger partial charge in [0.05, 0.1) is 25.5 Å². The van der Waals surface area contributed by atoms with E-state index in [-0.39, 0.29) is 12.5 Å². The highest BCUT2D eigenvalue weighted by molar-refractivity contribution is 5.92. The van der Waals surface area contributed by atoms with Crippen LogP contribution in [0.4, 0.5) is 11.5 Å². The molecule has 0 atom stereocenters. The molecule has 1 aliphatic heterocycles. The number of hydrogen-bond acceptors (Lipinski definition) is 7. The number of hydrogen-bond donors (Lipinski definition) is 1. The lowest BCUT2D eigenvalue weighted by atomic mass is 10.1. The van der Waals surface area contributed by atoms with Gasteiger partial charge in [0.25, 0.3) is 5.91 Å². The van der Waals surface area contributed by atoms with Crippen LogP contribution in [-0.2, 0) is 9.53 Å². The molecule has 1 aromatic heterocycles. The lowest BCUT2D eigenvalue weighted by Gasteiger charge is -2.27. The van der Waals surface area contributed by atoms with Crippen molar-refractivity contribution in [2.24, 2.45) is 0 Å². The van der Waals surface area contributed by atoms with Gasteiger partial charge in [-0.15, -0.1) is 10.2 Å². The second kappa shape index (κ2) is 10.6. The molecule has 2 heterocycles. The number of ether oxygens (including phenoxy) is 3. The fourth-order valence-corrected chi connectivity index (χ4v) is 3.33. The number of nitrogens with one attached hydrogen (secondary N) is 1. The molecule has 32 heavy (non-hydrogen) atoms. The van der Waals surface area contributed by atoms with Gasteiger partial charge in [-0.1, -0.05) is 18.2 Å². The Morgan fingerprint density at radius 1 is 1.00 bits per heavy atom. The van der Waals surface area contributed by atoms with Crippen LogP contribution in [0.1, 0.15) is 6.92 Å². The maximum atomic E-state index is 12.2. The van der Waals surface area contributed by atoms with Gasteiger partial charge in [0.2, 0.25) is 0 Å². The van der Waals surface area contributed by atoms with E-state index in [9.17, 15) is 4.79 Å². The van der Waals surface area contributed by atoms with Crippen LogP contribution in [0, 0.1) is 0 Å². The van der Waals surface area contributed by atoms with Crippen LogP contribution in [0.2, 0.25) is 0 Å². The van der Waals surface area contributed by atoms with Gasteiger partial charge in [0.15, 0.2) is 12.4 Å². The van der Waals surface area contributed by atoms with Crippen molar-refractivity contribution in [3.63, 3.8) is 0 Å². The van der Waals surface area contributed by atoms with Crippen LogP contribution in [-0.4, -0.2) is 55.6 Å². The Kier molecular flexibility index (Phi) is 7.14. The molecule has 1 N–H and O–H groups in total. The number of rotatable bonds is 8. The average molecular weight is 434 g/mol. The largest absolute Gasteiger partial charge is 0.494 e. The molecule has 0 bridgehead atoms.